The lowest BCUT2D eigenvalue weighted by molar-refractivity contribution is 0.0461. The van der Waals surface area contributed by atoms with Gasteiger partial charge in [0.05, 0.1) is 12.9 Å². The molecule has 0 aliphatic carbocycles. The molecule has 0 aliphatic heterocycles. The van der Waals surface area contributed by atoms with E-state index < -0.39 is 12.6 Å². The Morgan fingerprint density at radius 2 is 2.38 bits per heavy atom. The fourth-order valence-corrected chi connectivity index (χ4v) is 0.889. The third-order valence-electron chi connectivity index (χ3n) is 1.52. The first-order valence-corrected chi connectivity index (χ1v) is 4.11. The quantitative estimate of drug-likeness (QED) is 0.668. The molecule has 0 bridgehead atoms. The van der Waals surface area contributed by atoms with Crippen molar-refractivity contribution in [2.24, 2.45) is 0 Å². The van der Waals surface area contributed by atoms with Crippen molar-refractivity contribution in [3.63, 3.8) is 0 Å². The highest BCUT2D eigenvalue weighted by Crippen LogP contribution is 2.11. The summed E-state index contributed by atoms with van der Waals surface area (Å²) in [5, 5.41) is 10.5. The molecule has 1 radical (unpaired) electrons. The number of carbonyl (C=O) groups is 1. The van der Waals surface area contributed by atoms with Crippen molar-refractivity contribution < 1.29 is 19.1 Å². The highest BCUT2D eigenvalue weighted by Gasteiger charge is 2.15. The van der Waals surface area contributed by atoms with E-state index in [0.29, 0.717) is 12.2 Å². The van der Waals surface area contributed by atoms with Gasteiger partial charge in [0.2, 0.25) is 5.76 Å². The van der Waals surface area contributed by atoms with Crippen LogP contribution in [0.3, 0.4) is 0 Å². The molecule has 0 spiro atoms. The molecule has 0 unspecified atom stereocenters. The predicted octanol–water partition coefficient (Wildman–Crippen LogP) is 1.78. The summed E-state index contributed by atoms with van der Waals surface area (Å²) in [5.41, 5.74) is 0.348. The van der Waals surface area contributed by atoms with Gasteiger partial charge in [0.15, 0.2) is 0 Å². The standard InChI is InChI=1S/C9H11O4/c1-2-4-13-9(11)8-7(6-10)3-5-12-8/h3,5H,2,4,6H2,1H3. The Kier molecular flexibility index (Phi) is 3.52. The summed E-state index contributed by atoms with van der Waals surface area (Å²) in [6.07, 6.45) is 2.06. The van der Waals surface area contributed by atoms with E-state index >= 15 is 0 Å². The Hall–Kier alpha value is -1.29. The van der Waals surface area contributed by atoms with Crippen LogP contribution in [0.5, 0.6) is 0 Å². The smallest absolute Gasteiger partial charge is 0.374 e. The highest BCUT2D eigenvalue weighted by atomic mass is 16.5. The summed E-state index contributed by atoms with van der Waals surface area (Å²) >= 11 is 0. The summed E-state index contributed by atoms with van der Waals surface area (Å²) in [5.74, 6) is -0.527. The van der Waals surface area contributed by atoms with E-state index in [1.807, 2.05) is 6.92 Å². The fourth-order valence-electron chi connectivity index (χ4n) is 0.889. The Morgan fingerprint density at radius 3 is 3.00 bits per heavy atom. The van der Waals surface area contributed by atoms with E-state index in [1.165, 1.54) is 12.3 Å². The van der Waals surface area contributed by atoms with Crippen molar-refractivity contribution >= 4 is 5.97 Å². The van der Waals surface area contributed by atoms with Gasteiger partial charge in [0.25, 0.3) is 0 Å². The summed E-state index contributed by atoms with van der Waals surface area (Å²) in [7, 11) is 0. The second-order valence-corrected chi connectivity index (χ2v) is 2.56. The van der Waals surface area contributed by atoms with Gasteiger partial charge in [0.1, 0.15) is 6.61 Å². The molecule has 1 heterocycles. The van der Waals surface area contributed by atoms with Crippen molar-refractivity contribution in [2.75, 3.05) is 6.61 Å². The van der Waals surface area contributed by atoms with Crippen molar-refractivity contribution in [3.8, 4) is 0 Å². The number of rotatable bonds is 4. The number of carbonyl (C=O) groups excluding carboxylic acids is 1. The first-order valence-electron chi connectivity index (χ1n) is 4.11. The predicted molar refractivity (Wildman–Crippen MR) is 43.7 cm³/mol. The van der Waals surface area contributed by atoms with E-state index in [0.717, 1.165) is 6.42 Å². The van der Waals surface area contributed by atoms with Gasteiger partial charge < -0.3 is 9.15 Å². The molecule has 0 saturated carbocycles. The zero-order valence-corrected chi connectivity index (χ0v) is 7.41. The molecule has 4 heteroatoms. The number of hydrogen-bond donors (Lipinski definition) is 0. The van der Waals surface area contributed by atoms with Crippen molar-refractivity contribution in [2.45, 2.75) is 20.0 Å². The van der Waals surface area contributed by atoms with Crippen LogP contribution >= 0.6 is 0 Å². The Bertz CT molecular complexity index is 277. The minimum atomic E-state index is -0.558. The van der Waals surface area contributed by atoms with Crippen LogP contribution in [0, 0.1) is 0 Å². The summed E-state index contributed by atoms with van der Waals surface area (Å²) in [6, 6.07) is 1.48. The lowest BCUT2D eigenvalue weighted by atomic mass is 10.2. The maximum absolute atomic E-state index is 11.2. The van der Waals surface area contributed by atoms with Crippen LogP contribution in [0.15, 0.2) is 16.7 Å². The molecule has 1 aromatic rings. The monoisotopic (exact) mass is 183 g/mol. The molecule has 0 amide bonds. The first kappa shape index (κ1) is 9.80. The number of esters is 1. The molecule has 0 N–H and O–H groups in total. The summed E-state index contributed by atoms with van der Waals surface area (Å²) in [6.45, 7) is 1.77. The molecular formula is C9H11O4. The van der Waals surface area contributed by atoms with E-state index in [-0.39, 0.29) is 5.76 Å². The van der Waals surface area contributed by atoms with Gasteiger partial charge >= 0.3 is 5.97 Å². The highest BCUT2D eigenvalue weighted by molar-refractivity contribution is 5.87. The van der Waals surface area contributed by atoms with E-state index in [1.54, 1.807) is 0 Å². The molecule has 1 rings (SSSR count). The third kappa shape index (κ3) is 2.32. The fraction of sp³-hybridized carbons (Fsp3) is 0.444. The van der Waals surface area contributed by atoms with E-state index in [9.17, 15) is 9.90 Å². The van der Waals surface area contributed by atoms with Crippen LogP contribution in [0.2, 0.25) is 0 Å². The molecule has 0 saturated heterocycles. The van der Waals surface area contributed by atoms with Gasteiger partial charge in [-0.2, -0.15) is 0 Å². The van der Waals surface area contributed by atoms with Crippen molar-refractivity contribution in [1.82, 2.24) is 0 Å². The van der Waals surface area contributed by atoms with Gasteiger partial charge in [-0.05, 0) is 12.5 Å². The number of hydrogen-bond acceptors (Lipinski definition) is 3. The average Bonchev–Trinajstić information content (AvgIpc) is 2.61. The molecule has 4 nitrogen and oxygen atoms in total. The van der Waals surface area contributed by atoms with Gasteiger partial charge in [-0.3, -0.25) is 0 Å². The first-order chi connectivity index (χ1) is 6.29. The third-order valence-corrected chi connectivity index (χ3v) is 1.52. The Labute approximate surface area is 76.1 Å². The van der Waals surface area contributed by atoms with Gasteiger partial charge in [-0.25, -0.2) is 9.90 Å². The molecule has 0 aromatic carbocycles. The lowest BCUT2D eigenvalue weighted by Crippen LogP contribution is -2.06. The largest absolute Gasteiger partial charge is 0.460 e. The van der Waals surface area contributed by atoms with E-state index in [2.05, 4.69) is 0 Å². The van der Waals surface area contributed by atoms with Gasteiger partial charge in [-0.15, -0.1) is 0 Å². The van der Waals surface area contributed by atoms with Crippen LogP contribution in [0.4, 0.5) is 0 Å². The Balaban J connectivity index is 2.65. The van der Waals surface area contributed by atoms with Crippen LogP contribution in [0.25, 0.3) is 0 Å². The van der Waals surface area contributed by atoms with Gasteiger partial charge in [-0.1, -0.05) is 6.92 Å². The molecular weight excluding hydrogens is 172 g/mol. The number of ether oxygens (including phenoxy) is 1. The Morgan fingerprint density at radius 1 is 1.62 bits per heavy atom. The maximum Gasteiger partial charge on any atom is 0.374 e. The molecule has 0 aliphatic rings. The van der Waals surface area contributed by atoms with Crippen molar-refractivity contribution in [3.05, 3.63) is 23.7 Å². The normalized spacial score (nSPS) is 10.0. The summed E-state index contributed by atoms with van der Waals surface area (Å²) in [4.78, 5) is 11.2. The average molecular weight is 183 g/mol. The molecule has 71 valence electrons. The van der Waals surface area contributed by atoms with E-state index in [4.69, 9.17) is 9.15 Å². The van der Waals surface area contributed by atoms with Gasteiger partial charge in [0, 0.05) is 5.56 Å². The molecule has 13 heavy (non-hydrogen) atoms. The minimum absolute atomic E-state index is 0.0310. The van der Waals surface area contributed by atoms with Crippen LogP contribution in [0.1, 0.15) is 29.5 Å². The second-order valence-electron chi connectivity index (χ2n) is 2.56. The molecule has 1 aromatic heterocycles. The second kappa shape index (κ2) is 4.67. The zero-order valence-electron chi connectivity index (χ0n) is 7.41. The lowest BCUT2D eigenvalue weighted by Gasteiger charge is -2.00. The summed E-state index contributed by atoms with van der Waals surface area (Å²) < 4.78 is 9.65. The van der Waals surface area contributed by atoms with Crippen LogP contribution in [-0.2, 0) is 16.5 Å². The number of furan rings is 1. The minimum Gasteiger partial charge on any atom is -0.460 e. The molecule has 0 fully saturated rings. The molecule has 0 atom stereocenters. The maximum atomic E-state index is 11.2. The van der Waals surface area contributed by atoms with Crippen LogP contribution in [-0.4, -0.2) is 12.6 Å². The SMILES string of the molecule is CCCOC(=O)c1occc1C[O]. The topological polar surface area (TPSA) is 59.3 Å². The zero-order chi connectivity index (χ0) is 9.68. The van der Waals surface area contributed by atoms with Crippen LogP contribution < -0.4 is 0 Å². The van der Waals surface area contributed by atoms with Crippen molar-refractivity contribution in [1.29, 1.82) is 0 Å².